The van der Waals surface area contributed by atoms with Crippen LogP contribution in [0, 0.1) is 11.7 Å². The van der Waals surface area contributed by atoms with Crippen LogP contribution < -0.4 is 5.43 Å². The lowest BCUT2D eigenvalue weighted by Gasteiger charge is -2.00. The summed E-state index contributed by atoms with van der Waals surface area (Å²) in [6.45, 7) is 0. The van der Waals surface area contributed by atoms with Crippen LogP contribution in [0.5, 0.6) is 0 Å². The maximum atomic E-state index is 13.4. The minimum absolute atomic E-state index is 0.0369. The minimum Gasteiger partial charge on any atom is -0.273 e. The van der Waals surface area contributed by atoms with Gasteiger partial charge in [0.25, 0.3) is 0 Å². The summed E-state index contributed by atoms with van der Waals surface area (Å²) in [7, 11) is 0. The first kappa shape index (κ1) is 13.5. The van der Waals surface area contributed by atoms with Gasteiger partial charge < -0.3 is 0 Å². The first-order chi connectivity index (χ1) is 10.3. The molecular formula is C17H15FN2O. The number of halogens is 1. The number of hydrogen-bond acceptors (Lipinski definition) is 2. The van der Waals surface area contributed by atoms with Gasteiger partial charge in [0.05, 0.1) is 6.21 Å². The van der Waals surface area contributed by atoms with Crippen molar-refractivity contribution in [3.05, 3.63) is 71.5 Å². The molecule has 0 aliphatic heterocycles. The third kappa shape index (κ3) is 3.16. The van der Waals surface area contributed by atoms with Crippen molar-refractivity contribution < 1.29 is 9.18 Å². The second kappa shape index (κ2) is 5.87. The number of rotatable bonds is 4. The zero-order chi connectivity index (χ0) is 14.7. The monoisotopic (exact) mass is 282 g/mol. The highest BCUT2D eigenvalue weighted by molar-refractivity contribution is 5.85. The normalized spacial score (nSPS) is 20.4. The highest BCUT2D eigenvalue weighted by atomic mass is 19.1. The number of nitrogens with one attached hydrogen (secondary N) is 1. The van der Waals surface area contributed by atoms with Gasteiger partial charge in [-0.05, 0) is 24.0 Å². The van der Waals surface area contributed by atoms with Gasteiger partial charge in [-0.1, -0.05) is 48.5 Å². The van der Waals surface area contributed by atoms with Gasteiger partial charge >= 0.3 is 0 Å². The summed E-state index contributed by atoms with van der Waals surface area (Å²) in [5.41, 5.74) is 4.02. The van der Waals surface area contributed by atoms with Gasteiger partial charge in [-0.2, -0.15) is 5.10 Å². The zero-order valence-corrected chi connectivity index (χ0v) is 11.4. The Balaban J connectivity index is 1.56. The van der Waals surface area contributed by atoms with E-state index in [-0.39, 0.29) is 23.6 Å². The molecule has 1 aliphatic carbocycles. The average Bonchev–Trinajstić information content (AvgIpc) is 3.31. The zero-order valence-electron chi connectivity index (χ0n) is 11.4. The molecule has 2 aromatic rings. The smallest absolute Gasteiger partial charge is 0.243 e. The maximum Gasteiger partial charge on any atom is 0.243 e. The highest BCUT2D eigenvalue weighted by Crippen LogP contribution is 2.47. The van der Waals surface area contributed by atoms with Crippen molar-refractivity contribution in [1.29, 1.82) is 0 Å². The summed E-state index contributed by atoms with van der Waals surface area (Å²) in [5, 5.41) is 3.83. The van der Waals surface area contributed by atoms with Gasteiger partial charge in [-0.3, -0.25) is 4.79 Å². The summed E-state index contributed by atoms with van der Waals surface area (Å²) in [5.74, 6) is -0.236. The van der Waals surface area contributed by atoms with Crippen molar-refractivity contribution in [1.82, 2.24) is 5.43 Å². The summed E-state index contributed by atoms with van der Waals surface area (Å²) < 4.78 is 13.4. The standard InChI is InChI=1S/C17H15FN2O/c18-16-9-5-4-8-13(16)11-19-20-17(21)15-10-14(15)12-6-2-1-3-7-12/h1-9,11,14-15H,10H2,(H,20,21). The number of hydrogen-bond donors (Lipinski definition) is 1. The molecular weight excluding hydrogens is 267 g/mol. The Morgan fingerprint density at radius 3 is 2.62 bits per heavy atom. The van der Waals surface area contributed by atoms with E-state index in [9.17, 15) is 9.18 Å². The third-order valence-electron chi connectivity index (χ3n) is 3.64. The van der Waals surface area contributed by atoms with Crippen LogP contribution in [0.1, 0.15) is 23.5 Å². The van der Waals surface area contributed by atoms with Crippen LogP contribution in [0.4, 0.5) is 4.39 Å². The van der Waals surface area contributed by atoms with Gasteiger partial charge in [0, 0.05) is 11.5 Å². The topological polar surface area (TPSA) is 41.5 Å². The van der Waals surface area contributed by atoms with Gasteiger partial charge in [-0.25, -0.2) is 9.82 Å². The Morgan fingerprint density at radius 1 is 1.14 bits per heavy atom. The molecule has 1 amide bonds. The predicted octanol–water partition coefficient (Wildman–Crippen LogP) is 3.08. The Labute approximate surface area is 122 Å². The molecule has 0 heterocycles. The summed E-state index contributed by atoms with van der Waals surface area (Å²) in [6, 6.07) is 16.3. The largest absolute Gasteiger partial charge is 0.273 e. The fraction of sp³-hybridized carbons (Fsp3) is 0.176. The van der Waals surface area contributed by atoms with Crippen molar-refractivity contribution in [2.75, 3.05) is 0 Å². The van der Waals surface area contributed by atoms with Gasteiger partial charge in [0.2, 0.25) is 5.91 Å². The molecule has 3 rings (SSSR count). The van der Waals surface area contributed by atoms with Crippen molar-refractivity contribution in [3.63, 3.8) is 0 Å². The number of hydrazone groups is 1. The number of nitrogens with zero attached hydrogens (tertiary/aromatic N) is 1. The summed E-state index contributed by atoms with van der Waals surface area (Å²) in [4.78, 5) is 11.9. The van der Waals surface area contributed by atoms with E-state index in [1.54, 1.807) is 18.2 Å². The SMILES string of the molecule is O=C(NN=Cc1ccccc1F)C1CC1c1ccccc1. The van der Waals surface area contributed by atoms with E-state index < -0.39 is 0 Å². The van der Waals surface area contributed by atoms with Crippen LogP contribution in [0.15, 0.2) is 59.7 Å². The van der Waals surface area contributed by atoms with Crippen LogP contribution in [0.3, 0.4) is 0 Å². The fourth-order valence-electron chi connectivity index (χ4n) is 2.38. The van der Waals surface area contributed by atoms with E-state index in [0.29, 0.717) is 5.56 Å². The second-order valence-corrected chi connectivity index (χ2v) is 5.12. The number of benzene rings is 2. The van der Waals surface area contributed by atoms with Crippen LogP contribution in [0.25, 0.3) is 0 Å². The van der Waals surface area contributed by atoms with Gasteiger partial charge in [0.15, 0.2) is 0 Å². The Kier molecular flexibility index (Phi) is 3.77. The van der Waals surface area contributed by atoms with Crippen molar-refractivity contribution in [2.24, 2.45) is 11.0 Å². The molecule has 0 saturated heterocycles. The van der Waals surface area contributed by atoms with Crippen LogP contribution in [-0.4, -0.2) is 12.1 Å². The minimum atomic E-state index is -0.357. The second-order valence-electron chi connectivity index (χ2n) is 5.12. The van der Waals surface area contributed by atoms with E-state index in [1.165, 1.54) is 17.8 Å². The molecule has 2 aromatic carbocycles. The molecule has 1 N–H and O–H groups in total. The molecule has 2 atom stereocenters. The fourth-order valence-corrected chi connectivity index (χ4v) is 2.38. The van der Waals surface area contributed by atoms with Crippen molar-refractivity contribution in [3.8, 4) is 0 Å². The lowest BCUT2D eigenvalue weighted by Crippen LogP contribution is -2.20. The lowest BCUT2D eigenvalue weighted by molar-refractivity contribution is -0.122. The Hall–Kier alpha value is -2.49. The first-order valence-corrected chi connectivity index (χ1v) is 6.88. The molecule has 3 nitrogen and oxygen atoms in total. The molecule has 4 heteroatoms. The molecule has 21 heavy (non-hydrogen) atoms. The molecule has 1 saturated carbocycles. The van der Waals surface area contributed by atoms with E-state index in [1.807, 2.05) is 30.3 Å². The molecule has 106 valence electrons. The molecule has 2 unspecified atom stereocenters. The molecule has 0 spiro atoms. The van der Waals surface area contributed by atoms with E-state index >= 15 is 0 Å². The van der Waals surface area contributed by atoms with Crippen LogP contribution in [0.2, 0.25) is 0 Å². The molecule has 1 aliphatic rings. The summed E-state index contributed by atoms with van der Waals surface area (Å²) >= 11 is 0. The summed E-state index contributed by atoms with van der Waals surface area (Å²) in [6.07, 6.45) is 2.16. The quantitative estimate of drug-likeness (QED) is 0.679. The predicted molar refractivity (Wildman–Crippen MR) is 79.4 cm³/mol. The maximum absolute atomic E-state index is 13.4. The van der Waals surface area contributed by atoms with Crippen LogP contribution in [-0.2, 0) is 4.79 Å². The molecule has 0 bridgehead atoms. The molecule has 0 radical (unpaired) electrons. The molecule has 0 aromatic heterocycles. The third-order valence-corrected chi connectivity index (χ3v) is 3.64. The Morgan fingerprint density at radius 2 is 1.86 bits per heavy atom. The lowest BCUT2D eigenvalue weighted by atomic mass is 10.1. The Bertz CT molecular complexity index is 670. The van der Waals surface area contributed by atoms with Crippen molar-refractivity contribution >= 4 is 12.1 Å². The number of carbonyl (C=O) groups excluding carboxylic acids is 1. The van der Waals surface area contributed by atoms with E-state index in [0.717, 1.165) is 6.42 Å². The van der Waals surface area contributed by atoms with Crippen LogP contribution >= 0.6 is 0 Å². The van der Waals surface area contributed by atoms with Gasteiger partial charge in [-0.15, -0.1) is 0 Å². The number of carbonyl (C=O) groups is 1. The number of amides is 1. The van der Waals surface area contributed by atoms with Crippen molar-refractivity contribution in [2.45, 2.75) is 12.3 Å². The molecule has 1 fully saturated rings. The first-order valence-electron chi connectivity index (χ1n) is 6.88. The average molecular weight is 282 g/mol. The van der Waals surface area contributed by atoms with Gasteiger partial charge in [0.1, 0.15) is 5.82 Å². The van der Waals surface area contributed by atoms with E-state index in [2.05, 4.69) is 10.5 Å². The highest BCUT2D eigenvalue weighted by Gasteiger charge is 2.43. The van der Waals surface area contributed by atoms with E-state index in [4.69, 9.17) is 0 Å².